The van der Waals surface area contributed by atoms with Crippen LogP contribution in [0.25, 0.3) is 0 Å². The molecule has 0 aromatic rings. The topological polar surface area (TPSA) is 119 Å². The largest absolute Gasteiger partial charge is 0.480 e. The third-order valence-corrected chi connectivity index (χ3v) is 9.30. The Morgan fingerprint density at radius 3 is 1.68 bits per heavy atom. The summed E-state index contributed by atoms with van der Waals surface area (Å²) in [6, 6.07) is -0.858. The van der Waals surface area contributed by atoms with Crippen molar-refractivity contribution in [3.8, 4) is 0 Å². The molecule has 0 aromatic carbocycles. The second-order valence-corrected chi connectivity index (χ2v) is 14.4. The first kappa shape index (κ1) is 50.1. The zero-order chi connectivity index (χ0) is 38.9. The van der Waals surface area contributed by atoms with E-state index in [9.17, 15) is 19.5 Å². The molecule has 0 saturated heterocycles. The molecule has 0 spiro atoms. The fourth-order valence-corrected chi connectivity index (χ4v) is 6.06. The van der Waals surface area contributed by atoms with E-state index in [4.69, 9.17) is 10.5 Å². The number of aliphatic carboxylic acids is 1. The Kier molecular flexibility index (Phi) is 38.0. The van der Waals surface area contributed by atoms with Gasteiger partial charge in [0.15, 0.2) is 0 Å². The van der Waals surface area contributed by atoms with Crippen LogP contribution in [0.1, 0.15) is 194 Å². The fraction of sp³-hybridized carbons (Fsp3) is 0.717. The molecule has 1 amide bonds. The lowest BCUT2D eigenvalue weighted by Crippen LogP contribution is -2.40. The van der Waals surface area contributed by atoms with E-state index in [1.165, 1.54) is 57.8 Å². The molecule has 0 rings (SSSR count). The van der Waals surface area contributed by atoms with E-state index in [2.05, 4.69) is 79.9 Å². The Labute approximate surface area is 325 Å². The Morgan fingerprint density at radius 1 is 0.585 bits per heavy atom. The van der Waals surface area contributed by atoms with Gasteiger partial charge in [-0.1, -0.05) is 146 Å². The number of rotatable bonds is 38. The zero-order valence-corrected chi connectivity index (χ0v) is 34.1. The van der Waals surface area contributed by atoms with Gasteiger partial charge in [-0.15, -0.1) is 0 Å². The van der Waals surface area contributed by atoms with Gasteiger partial charge >= 0.3 is 11.9 Å². The van der Waals surface area contributed by atoms with Crippen LogP contribution in [0.2, 0.25) is 0 Å². The van der Waals surface area contributed by atoms with Crippen LogP contribution in [0.5, 0.6) is 0 Å². The van der Waals surface area contributed by atoms with Crippen LogP contribution in [0.3, 0.4) is 0 Å². The minimum atomic E-state index is -1.01. The van der Waals surface area contributed by atoms with Crippen molar-refractivity contribution in [2.24, 2.45) is 5.73 Å². The minimum Gasteiger partial charge on any atom is -0.480 e. The maximum absolute atomic E-state index is 12.7. The molecule has 0 aromatic heterocycles. The fourth-order valence-electron chi connectivity index (χ4n) is 6.06. The zero-order valence-electron chi connectivity index (χ0n) is 34.1. The second kappa shape index (κ2) is 40.3. The monoisotopic (exact) mass is 741 g/mol. The minimum absolute atomic E-state index is 0.0865. The molecule has 4 N–H and O–H groups in total. The van der Waals surface area contributed by atoms with Crippen molar-refractivity contribution in [1.82, 2.24) is 5.32 Å². The molecule has 0 saturated carbocycles. The van der Waals surface area contributed by atoms with Crippen molar-refractivity contribution in [3.05, 3.63) is 60.8 Å². The molecule has 0 radical (unpaired) electrons. The number of carbonyl (C=O) groups excluding carboxylic acids is 2. The van der Waals surface area contributed by atoms with Crippen LogP contribution in [0.15, 0.2) is 60.8 Å². The van der Waals surface area contributed by atoms with Crippen LogP contribution in [0, 0.1) is 0 Å². The number of hydrogen-bond donors (Lipinski definition) is 3. The number of nitrogens with one attached hydrogen (secondary N) is 1. The van der Waals surface area contributed by atoms with E-state index in [0.717, 1.165) is 96.3 Å². The number of unbranched alkanes of at least 4 members (excludes halogenated alkanes) is 16. The first-order valence-corrected chi connectivity index (χ1v) is 21.6. The van der Waals surface area contributed by atoms with Crippen molar-refractivity contribution < 1.29 is 24.2 Å². The van der Waals surface area contributed by atoms with E-state index in [1.54, 1.807) is 0 Å². The average molecular weight is 741 g/mol. The smallest absolute Gasteiger partial charge is 0.326 e. The maximum atomic E-state index is 12.7. The Balaban J connectivity index is 4.32. The molecule has 2 unspecified atom stereocenters. The number of allylic oxidation sites excluding steroid dienone is 9. The molecule has 2 atom stereocenters. The molecule has 0 bridgehead atoms. The van der Waals surface area contributed by atoms with Gasteiger partial charge < -0.3 is 20.9 Å². The van der Waals surface area contributed by atoms with Crippen molar-refractivity contribution >= 4 is 17.8 Å². The summed E-state index contributed by atoms with van der Waals surface area (Å²) < 4.78 is 5.94. The number of carboxylic acid groups (broad SMARTS) is 1. The van der Waals surface area contributed by atoms with E-state index < -0.39 is 12.0 Å². The molecular weight excluding hydrogens is 661 g/mol. The summed E-state index contributed by atoms with van der Waals surface area (Å²) in [5.41, 5.74) is 5.47. The normalized spacial score (nSPS) is 13.3. The lowest BCUT2D eigenvalue weighted by molar-refractivity contribution is -0.147. The average Bonchev–Trinajstić information content (AvgIpc) is 3.14. The molecule has 0 heterocycles. The molecule has 7 heteroatoms. The lowest BCUT2D eigenvalue weighted by atomic mass is 10.0. The highest BCUT2D eigenvalue weighted by Crippen LogP contribution is 2.15. The van der Waals surface area contributed by atoms with Crippen LogP contribution >= 0.6 is 0 Å². The Bertz CT molecular complexity index is 1020. The lowest BCUT2D eigenvalue weighted by Gasteiger charge is -2.15. The predicted molar refractivity (Wildman–Crippen MR) is 225 cm³/mol. The summed E-state index contributed by atoms with van der Waals surface area (Å²) in [6.45, 7) is 4.80. The first-order chi connectivity index (χ1) is 25.9. The highest BCUT2D eigenvalue weighted by Gasteiger charge is 2.18. The number of carboxylic acids is 1. The van der Waals surface area contributed by atoms with Crippen LogP contribution < -0.4 is 11.1 Å². The number of hydrogen-bond acceptors (Lipinski definition) is 5. The summed E-state index contributed by atoms with van der Waals surface area (Å²) in [5, 5.41) is 11.9. The van der Waals surface area contributed by atoms with Crippen molar-refractivity contribution in [2.75, 3.05) is 6.54 Å². The van der Waals surface area contributed by atoms with E-state index in [-0.39, 0.29) is 18.0 Å². The summed E-state index contributed by atoms with van der Waals surface area (Å²) in [6.07, 6.45) is 50.0. The number of esters is 1. The van der Waals surface area contributed by atoms with Gasteiger partial charge in [-0.25, -0.2) is 4.79 Å². The van der Waals surface area contributed by atoms with Crippen molar-refractivity contribution in [2.45, 2.75) is 206 Å². The van der Waals surface area contributed by atoms with Crippen LogP contribution in [-0.2, 0) is 19.1 Å². The highest BCUT2D eigenvalue weighted by atomic mass is 16.5. The summed E-state index contributed by atoms with van der Waals surface area (Å²) in [4.78, 5) is 36.2. The van der Waals surface area contributed by atoms with Crippen molar-refractivity contribution in [1.29, 1.82) is 0 Å². The molecule has 0 aliphatic rings. The molecule has 0 aliphatic heterocycles. The van der Waals surface area contributed by atoms with Gasteiger partial charge in [-0.2, -0.15) is 0 Å². The third kappa shape index (κ3) is 37.2. The number of nitrogens with two attached hydrogens (primary N) is 1. The van der Waals surface area contributed by atoms with E-state index in [0.29, 0.717) is 32.2 Å². The van der Waals surface area contributed by atoms with Gasteiger partial charge in [-0.05, 0) is 103 Å². The van der Waals surface area contributed by atoms with E-state index in [1.807, 2.05) is 0 Å². The number of ether oxygens (including phenoxy) is 1. The molecule has 53 heavy (non-hydrogen) atoms. The quantitative estimate of drug-likeness (QED) is 0.0329. The van der Waals surface area contributed by atoms with Crippen molar-refractivity contribution in [3.63, 3.8) is 0 Å². The SMILES string of the molecule is CC/C=C\C/C=C\C/C=C\CCCCCCCCCC(=O)OC(/C=C\C/C=C\CCCCCC)CCCCCCCCC(=O)NC(CCCN)C(=O)O. The molecular formula is C46H80N2O5. The number of carbonyl (C=O) groups is 3. The van der Waals surface area contributed by atoms with Gasteiger partial charge in [-0.3, -0.25) is 9.59 Å². The Hall–Kier alpha value is -2.93. The van der Waals surface area contributed by atoms with Crippen LogP contribution in [-0.4, -0.2) is 41.6 Å². The summed E-state index contributed by atoms with van der Waals surface area (Å²) >= 11 is 0. The maximum Gasteiger partial charge on any atom is 0.326 e. The van der Waals surface area contributed by atoms with Gasteiger partial charge in [0.2, 0.25) is 5.91 Å². The van der Waals surface area contributed by atoms with Gasteiger partial charge in [0.1, 0.15) is 12.1 Å². The summed E-state index contributed by atoms with van der Waals surface area (Å²) in [5.74, 6) is -1.30. The molecule has 304 valence electrons. The number of amides is 1. The molecule has 7 nitrogen and oxygen atoms in total. The van der Waals surface area contributed by atoms with Gasteiger partial charge in [0, 0.05) is 12.8 Å². The molecule has 0 aliphatic carbocycles. The highest BCUT2D eigenvalue weighted by molar-refractivity contribution is 5.83. The van der Waals surface area contributed by atoms with Gasteiger partial charge in [0.25, 0.3) is 0 Å². The molecule has 0 fully saturated rings. The van der Waals surface area contributed by atoms with Crippen LogP contribution in [0.4, 0.5) is 0 Å². The third-order valence-electron chi connectivity index (χ3n) is 9.30. The predicted octanol–water partition coefficient (Wildman–Crippen LogP) is 12.2. The second-order valence-electron chi connectivity index (χ2n) is 14.4. The van der Waals surface area contributed by atoms with E-state index >= 15 is 0 Å². The first-order valence-electron chi connectivity index (χ1n) is 21.6. The Morgan fingerprint density at radius 2 is 1.09 bits per heavy atom. The van der Waals surface area contributed by atoms with Gasteiger partial charge in [0.05, 0.1) is 0 Å². The summed E-state index contributed by atoms with van der Waals surface area (Å²) in [7, 11) is 0. The standard InChI is InChI=1S/C46H80N2O5/c1-3-5-7-9-11-13-14-15-16-17-18-19-20-22-24-30-34-40-45(50)53-42(36-31-27-23-21-12-10-8-6-4-2)37-32-28-25-26-29-33-39-44(49)48-43(46(51)52)38-35-41-47/h5,7,11,13,15-16,21,23,31,36,42-43H,3-4,6,8-10,12,14,17-20,22,24-30,32-35,37-41,47H2,1-2H3,(H,48,49)(H,51,52)/b7-5-,13-11-,16-15-,23-21-,36-31-.